The van der Waals surface area contributed by atoms with Gasteiger partial charge in [0.05, 0.1) is 12.2 Å². The Morgan fingerprint density at radius 3 is 2.50 bits per heavy atom. The van der Waals surface area contributed by atoms with Gasteiger partial charge in [0.25, 0.3) is 0 Å². The molecule has 0 aliphatic heterocycles. The summed E-state index contributed by atoms with van der Waals surface area (Å²) in [7, 11) is 0. The third-order valence-electron chi connectivity index (χ3n) is 10.3. The van der Waals surface area contributed by atoms with E-state index in [0.717, 1.165) is 38.5 Å². The van der Waals surface area contributed by atoms with Crippen molar-refractivity contribution >= 4 is 5.97 Å². The average Bonchev–Trinajstić information content (AvgIpc) is 3.00. The van der Waals surface area contributed by atoms with E-state index in [0.29, 0.717) is 35.5 Å². The molecule has 0 saturated heterocycles. The molecule has 4 fully saturated rings. The van der Waals surface area contributed by atoms with Gasteiger partial charge in [0.2, 0.25) is 0 Å². The number of hydrogen-bond acceptors (Lipinski definition) is 3. The van der Waals surface area contributed by atoms with Crippen molar-refractivity contribution in [3.8, 4) is 0 Å². The second kappa shape index (κ2) is 7.27. The van der Waals surface area contributed by atoms with E-state index in [4.69, 9.17) is 5.11 Å². The molecule has 0 spiro atoms. The molecule has 4 heteroatoms. The van der Waals surface area contributed by atoms with E-state index in [1.54, 1.807) is 0 Å². The summed E-state index contributed by atoms with van der Waals surface area (Å²) >= 11 is 0. The second-order valence-electron chi connectivity index (χ2n) is 11.3. The van der Waals surface area contributed by atoms with Crippen LogP contribution in [0.3, 0.4) is 0 Å². The number of fused-ring (bicyclic) bond motifs is 5. The fourth-order valence-electron chi connectivity index (χ4n) is 8.71. The number of aliphatic carboxylic acids is 1. The molecule has 0 unspecified atom stereocenters. The van der Waals surface area contributed by atoms with Crippen molar-refractivity contribution in [3.05, 3.63) is 0 Å². The van der Waals surface area contributed by atoms with E-state index in [2.05, 4.69) is 20.8 Å². The van der Waals surface area contributed by atoms with Crippen molar-refractivity contribution in [2.24, 2.45) is 46.3 Å². The van der Waals surface area contributed by atoms with Crippen molar-refractivity contribution in [3.63, 3.8) is 0 Å². The Bertz CT molecular complexity index is 605. The summed E-state index contributed by atoms with van der Waals surface area (Å²) in [5.41, 5.74) is 0.216. The monoisotopic (exact) mass is 392 g/mol. The first-order valence-corrected chi connectivity index (χ1v) is 11.8. The highest BCUT2D eigenvalue weighted by Gasteiger charge is 2.63. The van der Waals surface area contributed by atoms with Gasteiger partial charge >= 0.3 is 5.97 Å². The van der Waals surface area contributed by atoms with Crippen LogP contribution >= 0.6 is 0 Å². The van der Waals surface area contributed by atoms with Crippen LogP contribution in [-0.4, -0.2) is 33.5 Å². The molecule has 160 valence electrons. The van der Waals surface area contributed by atoms with E-state index in [-0.39, 0.29) is 29.5 Å². The molecule has 4 rings (SSSR count). The van der Waals surface area contributed by atoms with E-state index in [1.807, 2.05) is 0 Å². The van der Waals surface area contributed by atoms with Gasteiger partial charge in [0.15, 0.2) is 0 Å². The molecule has 28 heavy (non-hydrogen) atoms. The molecule has 0 aromatic rings. The zero-order valence-electron chi connectivity index (χ0n) is 17.9. The first-order chi connectivity index (χ1) is 13.2. The van der Waals surface area contributed by atoms with Crippen LogP contribution in [0.5, 0.6) is 0 Å². The lowest BCUT2D eigenvalue weighted by atomic mass is 9.43. The lowest BCUT2D eigenvalue weighted by Gasteiger charge is -2.62. The predicted molar refractivity (Wildman–Crippen MR) is 109 cm³/mol. The highest BCUT2D eigenvalue weighted by Crippen LogP contribution is 2.68. The molecule has 0 bridgehead atoms. The summed E-state index contributed by atoms with van der Waals surface area (Å²) in [5, 5.41) is 30.8. The zero-order valence-corrected chi connectivity index (χ0v) is 17.9. The number of carboxylic acid groups (broad SMARTS) is 1. The van der Waals surface area contributed by atoms with E-state index in [1.165, 1.54) is 19.3 Å². The maximum absolute atomic E-state index is 11.5. The average molecular weight is 393 g/mol. The van der Waals surface area contributed by atoms with Crippen LogP contribution in [0, 0.1) is 46.3 Å². The highest BCUT2D eigenvalue weighted by molar-refractivity contribution is 5.66. The number of rotatable bonds is 4. The van der Waals surface area contributed by atoms with Gasteiger partial charge in [-0.15, -0.1) is 0 Å². The number of carboxylic acids is 1. The molecular weight excluding hydrogens is 352 g/mol. The molecule has 4 nitrogen and oxygen atoms in total. The maximum Gasteiger partial charge on any atom is 0.303 e. The number of aliphatic hydroxyl groups is 2. The van der Waals surface area contributed by atoms with Crippen LogP contribution in [0.2, 0.25) is 0 Å². The van der Waals surface area contributed by atoms with Gasteiger partial charge in [-0.25, -0.2) is 0 Å². The molecule has 0 aromatic carbocycles. The molecule has 4 aliphatic carbocycles. The molecule has 0 aromatic heterocycles. The topological polar surface area (TPSA) is 77.8 Å². The summed E-state index contributed by atoms with van der Waals surface area (Å²) in [6.07, 6.45) is 9.26. The molecule has 0 amide bonds. The largest absolute Gasteiger partial charge is 0.481 e. The Hall–Kier alpha value is -0.610. The van der Waals surface area contributed by atoms with Gasteiger partial charge in [-0.05, 0) is 104 Å². The summed E-state index contributed by atoms with van der Waals surface area (Å²) in [6.45, 7) is 6.99. The summed E-state index contributed by atoms with van der Waals surface area (Å²) in [4.78, 5) is 11.1. The van der Waals surface area contributed by atoms with Crippen molar-refractivity contribution in [1.29, 1.82) is 0 Å². The Morgan fingerprint density at radius 2 is 1.79 bits per heavy atom. The molecule has 4 aliphatic rings. The van der Waals surface area contributed by atoms with Crippen molar-refractivity contribution in [2.45, 2.75) is 97.2 Å². The van der Waals surface area contributed by atoms with Gasteiger partial charge < -0.3 is 15.3 Å². The molecule has 4 saturated carbocycles. The Morgan fingerprint density at radius 1 is 1.04 bits per heavy atom. The molecule has 0 heterocycles. The van der Waals surface area contributed by atoms with Crippen LogP contribution in [0.4, 0.5) is 0 Å². The quantitative estimate of drug-likeness (QED) is 0.659. The van der Waals surface area contributed by atoms with Gasteiger partial charge in [-0.3, -0.25) is 4.79 Å². The molecule has 3 N–H and O–H groups in total. The van der Waals surface area contributed by atoms with Gasteiger partial charge in [-0.1, -0.05) is 20.8 Å². The van der Waals surface area contributed by atoms with Crippen LogP contribution in [0.25, 0.3) is 0 Å². The molecule has 10 atom stereocenters. The third-order valence-corrected chi connectivity index (χ3v) is 10.3. The van der Waals surface area contributed by atoms with Crippen molar-refractivity contribution in [1.82, 2.24) is 0 Å². The minimum absolute atomic E-state index is 0.0591. The van der Waals surface area contributed by atoms with E-state index >= 15 is 0 Å². The smallest absolute Gasteiger partial charge is 0.303 e. The lowest BCUT2D eigenvalue weighted by molar-refractivity contribution is -0.175. The Kier molecular flexibility index (Phi) is 5.36. The van der Waals surface area contributed by atoms with Crippen molar-refractivity contribution < 1.29 is 20.1 Å². The first-order valence-electron chi connectivity index (χ1n) is 11.8. The van der Waals surface area contributed by atoms with Crippen molar-refractivity contribution in [2.75, 3.05) is 0 Å². The van der Waals surface area contributed by atoms with Crippen LogP contribution in [0.1, 0.15) is 85.0 Å². The normalized spacial score (nSPS) is 51.7. The summed E-state index contributed by atoms with van der Waals surface area (Å²) in [6, 6.07) is 0. The van der Waals surface area contributed by atoms with Gasteiger partial charge in [-0.2, -0.15) is 0 Å². The third kappa shape index (κ3) is 3.05. The van der Waals surface area contributed by atoms with Crippen LogP contribution in [0.15, 0.2) is 0 Å². The predicted octanol–water partition coefficient (Wildman–Crippen LogP) is 4.48. The first kappa shape index (κ1) is 20.7. The summed E-state index contributed by atoms with van der Waals surface area (Å²) in [5.74, 6) is 2.55. The zero-order chi connectivity index (χ0) is 20.3. The number of aliphatic hydroxyl groups excluding tert-OH is 2. The fraction of sp³-hybridized carbons (Fsp3) is 0.958. The van der Waals surface area contributed by atoms with E-state index in [9.17, 15) is 15.0 Å². The Labute approximate surface area is 170 Å². The minimum atomic E-state index is -0.707. The summed E-state index contributed by atoms with van der Waals surface area (Å²) < 4.78 is 0. The number of carbonyl (C=O) groups is 1. The van der Waals surface area contributed by atoms with Crippen LogP contribution in [-0.2, 0) is 4.79 Å². The van der Waals surface area contributed by atoms with E-state index < -0.39 is 5.97 Å². The Balaban J connectivity index is 1.56. The lowest BCUT2D eigenvalue weighted by Crippen LogP contribution is -2.58. The van der Waals surface area contributed by atoms with Gasteiger partial charge in [0.1, 0.15) is 0 Å². The second-order valence-corrected chi connectivity index (χ2v) is 11.3. The SMILES string of the molecule is C[C@H](CCC(=O)O)[C@@H]1CC[C@H]2[C@H]3CC[C@@H]4C[C@@H](O)CC[C@]4(C)[C@H]3C[C@@H](O)[C@@]21C. The number of hydrogen-bond donors (Lipinski definition) is 3. The standard InChI is InChI=1S/C24H40O4/c1-14(4-9-22(27)28)18-7-8-19-17-6-5-15-12-16(25)10-11-23(15,2)20(17)13-21(26)24(18,19)3/h14-21,25-26H,4-13H2,1-3H3,(H,27,28)/t14-,15-,16+,17-,18+,19+,20+,21-,23+,24-/m1/s1. The molecular formula is C24H40O4. The maximum atomic E-state index is 11.5. The van der Waals surface area contributed by atoms with Crippen LogP contribution < -0.4 is 0 Å². The fourth-order valence-corrected chi connectivity index (χ4v) is 8.71. The molecule has 0 radical (unpaired) electrons. The highest BCUT2D eigenvalue weighted by atomic mass is 16.4. The minimum Gasteiger partial charge on any atom is -0.481 e. The van der Waals surface area contributed by atoms with Gasteiger partial charge in [0, 0.05) is 6.42 Å².